The zero-order valence-corrected chi connectivity index (χ0v) is 11.0. The summed E-state index contributed by atoms with van der Waals surface area (Å²) in [6, 6.07) is 19.2. The van der Waals surface area contributed by atoms with Crippen molar-refractivity contribution in [3.05, 3.63) is 71.3 Å². The summed E-state index contributed by atoms with van der Waals surface area (Å²) in [7, 11) is 0. The van der Waals surface area contributed by atoms with Crippen molar-refractivity contribution in [1.29, 1.82) is 0 Å². The Bertz CT molecular complexity index is 497. The molecular formula is C17H19N. The quantitative estimate of drug-likeness (QED) is 0.691. The summed E-state index contributed by atoms with van der Waals surface area (Å²) in [4.78, 5) is 4.69. The van der Waals surface area contributed by atoms with Crippen molar-refractivity contribution in [2.75, 3.05) is 0 Å². The highest BCUT2D eigenvalue weighted by Gasteiger charge is 2.04. The molecular weight excluding hydrogens is 218 g/mol. The van der Waals surface area contributed by atoms with E-state index in [0.29, 0.717) is 0 Å². The summed E-state index contributed by atoms with van der Waals surface area (Å²) < 4.78 is 0. The standard InChI is InChI=1S/C17H19N/c1-3-17(16-7-5-4-6-8-16)18-13-15-11-9-14(2)10-12-15/h4-13,17H,3H2,1-2H3/t17-/m1/s1. The van der Waals surface area contributed by atoms with Gasteiger partial charge in [-0.05, 0) is 24.5 Å². The van der Waals surface area contributed by atoms with Gasteiger partial charge in [-0.25, -0.2) is 0 Å². The van der Waals surface area contributed by atoms with Crippen molar-refractivity contribution < 1.29 is 0 Å². The molecule has 0 aliphatic rings. The lowest BCUT2D eigenvalue weighted by Gasteiger charge is -2.09. The van der Waals surface area contributed by atoms with Crippen LogP contribution in [0.3, 0.4) is 0 Å². The van der Waals surface area contributed by atoms with Gasteiger partial charge in [0.2, 0.25) is 0 Å². The first-order chi connectivity index (χ1) is 8.79. The van der Waals surface area contributed by atoms with Gasteiger partial charge in [0.1, 0.15) is 0 Å². The van der Waals surface area contributed by atoms with Crippen molar-refractivity contribution in [3.8, 4) is 0 Å². The molecule has 1 heteroatoms. The minimum atomic E-state index is 0.257. The maximum Gasteiger partial charge on any atom is 0.0746 e. The Labute approximate surface area is 109 Å². The molecule has 0 saturated heterocycles. The Morgan fingerprint density at radius 1 is 1.00 bits per heavy atom. The van der Waals surface area contributed by atoms with Crippen LogP contribution in [0.5, 0.6) is 0 Å². The molecule has 2 aromatic carbocycles. The van der Waals surface area contributed by atoms with E-state index in [0.717, 1.165) is 12.0 Å². The third kappa shape index (κ3) is 3.30. The van der Waals surface area contributed by atoms with E-state index in [-0.39, 0.29) is 6.04 Å². The van der Waals surface area contributed by atoms with Crippen LogP contribution in [0.15, 0.2) is 59.6 Å². The Morgan fingerprint density at radius 2 is 1.67 bits per heavy atom. The summed E-state index contributed by atoms with van der Waals surface area (Å²) in [6.07, 6.45) is 2.99. The van der Waals surface area contributed by atoms with Crippen LogP contribution in [0, 0.1) is 6.92 Å². The molecule has 0 heterocycles. The van der Waals surface area contributed by atoms with Gasteiger partial charge < -0.3 is 0 Å². The topological polar surface area (TPSA) is 12.4 Å². The van der Waals surface area contributed by atoms with E-state index in [9.17, 15) is 0 Å². The molecule has 0 aliphatic heterocycles. The van der Waals surface area contributed by atoms with Gasteiger partial charge in [0.25, 0.3) is 0 Å². The fraction of sp³-hybridized carbons (Fsp3) is 0.235. The smallest absolute Gasteiger partial charge is 0.0746 e. The molecule has 18 heavy (non-hydrogen) atoms. The molecule has 0 fully saturated rings. The Hall–Kier alpha value is -1.89. The first-order valence-corrected chi connectivity index (χ1v) is 6.44. The summed E-state index contributed by atoms with van der Waals surface area (Å²) in [6.45, 7) is 4.27. The molecule has 2 rings (SSSR count). The molecule has 0 radical (unpaired) electrons. The molecule has 0 saturated carbocycles. The van der Waals surface area contributed by atoms with E-state index >= 15 is 0 Å². The van der Waals surface area contributed by atoms with Crippen molar-refractivity contribution in [1.82, 2.24) is 0 Å². The average molecular weight is 237 g/mol. The Balaban J connectivity index is 2.13. The third-order valence-electron chi connectivity index (χ3n) is 3.05. The highest BCUT2D eigenvalue weighted by molar-refractivity contribution is 5.79. The number of benzene rings is 2. The maximum atomic E-state index is 4.69. The lowest BCUT2D eigenvalue weighted by molar-refractivity contribution is 0.704. The summed E-state index contributed by atoms with van der Waals surface area (Å²) in [5.41, 5.74) is 3.72. The van der Waals surface area contributed by atoms with Gasteiger partial charge in [0.15, 0.2) is 0 Å². The van der Waals surface area contributed by atoms with Crippen LogP contribution in [-0.4, -0.2) is 6.21 Å². The van der Waals surface area contributed by atoms with Crippen molar-refractivity contribution >= 4 is 6.21 Å². The number of hydrogen-bond donors (Lipinski definition) is 0. The van der Waals surface area contributed by atoms with Crippen LogP contribution in [0.2, 0.25) is 0 Å². The van der Waals surface area contributed by atoms with Crippen LogP contribution >= 0.6 is 0 Å². The van der Waals surface area contributed by atoms with Crippen LogP contribution in [0.25, 0.3) is 0 Å². The van der Waals surface area contributed by atoms with Gasteiger partial charge in [-0.3, -0.25) is 4.99 Å². The summed E-state index contributed by atoms with van der Waals surface area (Å²) >= 11 is 0. The second kappa shape index (κ2) is 6.15. The number of aryl methyl sites for hydroxylation is 1. The van der Waals surface area contributed by atoms with Crippen molar-refractivity contribution in [2.24, 2.45) is 4.99 Å². The zero-order valence-electron chi connectivity index (χ0n) is 11.0. The Morgan fingerprint density at radius 3 is 2.28 bits per heavy atom. The predicted molar refractivity (Wildman–Crippen MR) is 78.2 cm³/mol. The molecule has 92 valence electrons. The van der Waals surface area contributed by atoms with Crippen LogP contribution < -0.4 is 0 Å². The van der Waals surface area contributed by atoms with Gasteiger partial charge >= 0.3 is 0 Å². The van der Waals surface area contributed by atoms with Gasteiger partial charge in [-0.2, -0.15) is 0 Å². The van der Waals surface area contributed by atoms with E-state index in [4.69, 9.17) is 0 Å². The van der Waals surface area contributed by atoms with E-state index in [1.165, 1.54) is 11.1 Å². The highest BCUT2D eigenvalue weighted by Crippen LogP contribution is 2.20. The monoisotopic (exact) mass is 237 g/mol. The minimum absolute atomic E-state index is 0.257. The van der Waals surface area contributed by atoms with Crippen molar-refractivity contribution in [3.63, 3.8) is 0 Å². The molecule has 0 N–H and O–H groups in total. The number of hydrogen-bond acceptors (Lipinski definition) is 1. The molecule has 0 unspecified atom stereocenters. The second-order valence-corrected chi connectivity index (χ2v) is 4.52. The SMILES string of the molecule is CC[C@@H](N=Cc1ccc(C)cc1)c1ccccc1. The number of nitrogens with zero attached hydrogens (tertiary/aromatic N) is 1. The molecule has 1 atom stereocenters. The molecule has 0 aromatic heterocycles. The number of aliphatic imine (C=N–C) groups is 1. The maximum absolute atomic E-state index is 4.69. The predicted octanol–water partition coefficient (Wildman–Crippen LogP) is 4.57. The average Bonchev–Trinajstić information content (AvgIpc) is 2.43. The molecule has 2 aromatic rings. The van der Waals surface area contributed by atoms with E-state index in [2.05, 4.69) is 67.4 Å². The molecule has 0 spiro atoms. The van der Waals surface area contributed by atoms with Crippen molar-refractivity contribution in [2.45, 2.75) is 26.3 Å². The molecule has 1 nitrogen and oxygen atoms in total. The summed E-state index contributed by atoms with van der Waals surface area (Å²) in [5, 5.41) is 0. The van der Waals surface area contributed by atoms with Crippen LogP contribution in [0.1, 0.15) is 36.1 Å². The Kier molecular flexibility index (Phi) is 4.30. The van der Waals surface area contributed by atoms with Gasteiger partial charge in [0, 0.05) is 6.21 Å². The first kappa shape index (κ1) is 12.6. The largest absolute Gasteiger partial charge is 0.284 e. The van der Waals surface area contributed by atoms with Crippen LogP contribution in [0.4, 0.5) is 0 Å². The van der Waals surface area contributed by atoms with Gasteiger partial charge in [0.05, 0.1) is 6.04 Å². The van der Waals surface area contributed by atoms with Gasteiger partial charge in [-0.1, -0.05) is 67.1 Å². The highest BCUT2D eigenvalue weighted by atomic mass is 14.8. The summed E-state index contributed by atoms with van der Waals surface area (Å²) in [5.74, 6) is 0. The normalized spacial score (nSPS) is 12.8. The third-order valence-corrected chi connectivity index (χ3v) is 3.05. The molecule has 0 amide bonds. The van der Waals surface area contributed by atoms with E-state index in [1.54, 1.807) is 0 Å². The molecule has 0 bridgehead atoms. The van der Waals surface area contributed by atoms with Gasteiger partial charge in [-0.15, -0.1) is 0 Å². The lowest BCUT2D eigenvalue weighted by Crippen LogP contribution is -1.94. The van der Waals surface area contributed by atoms with Crippen LogP contribution in [-0.2, 0) is 0 Å². The minimum Gasteiger partial charge on any atom is -0.284 e. The fourth-order valence-corrected chi connectivity index (χ4v) is 1.93. The molecule has 0 aliphatic carbocycles. The van der Waals surface area contributed by atoms with E-state index in [1.807, 2.05) is 12.3 Å². The second-order valence-electron chi connectivity index (χ2n) is 4.52. The fourth-order valence-electron chi connectivity index (χ4n) is 1.93. The first-order valence-electron chi connectivity index (χ1n) is 6.44. The lowest BCUT2D eigenvalue weighted by atomic mass is 10.1. The number of rotatable bonds is 4. The van der Waals surface area contributed by atoms with E-state index < -0.39 is 0 Å². The zero-order chi connectivity index (χ0) is 12.8.